The van der Waals surface area contributed by atoms with E-state index in [4.69, 9.17) is 10.1 Å². The van der Waals surface area contributed by atoms with E-state index in [0.717, 1.165) is 46.5 Å². The average Bonchev–Trinajstić information content (AvgIpc) is 3.45. The summed E-state index contributed by atoms with van der Waals surface area (Å²) in [5.74, 6) is -0.122. The summed E-state index contributed by atoms with van der Waals surface area (Å²) in [6.07, 6.45) is 7.41. The molecule has 1 aliphatic heterocycles. The fourth-order valence-electron chi connectivity index (χ4n) is 5.33. The molecule has 2 amide bonds. The van der Waals surface area contributed by atoms with Crippen molar-refractivity contribution in [1.29, 1.82) is 0 Å². The number of hydrogen-bond donors (Lipinski definition) is 2. The predicted octanol–water partition coefficient (Wildman–Crippen LogP) is 3.97. The first-order chi connectivity index (χ1) is 18.5. The fourth-order valence-corrected chi connectivity index (χ4v) is 5.33. The Morgan fingerprint density at radius 1 is 1.16 bits per heavy atom. The number of carbonyl (C=O) groups is 2. The van der Waals surface area contributed by atoms with Gasteiger partial charge in [0, 0.05) is 59.9 Å². The van der Waals surface area contributed by atoms with Gasteiger partial charge in [0.25, 0.3) is 5.91 Å². The molecule has 10 nitrogen and oxygen atoms in total. The number of nitrogens with one attached hydrogen (secondary N) is 1. The van der Waals surface area contributed by atoms with E-state index in [1.807, 2.05) is 35.7 Å². The summed E-state index contributed by atoms with van der Waals surface area (Å²) >= 11 is 0. The third kappa shape index (κ3) is 4.34. The number of nitrogens with zero attached hydrogens (tertiary/aromatic N) is 6. The Morgan fingerprint density at radius 3 is 2.84 bits per heavy atom. The van der Waals surface area contributed by atoms with Crippen molar-refractivity contribution in [3.8, 4) is 11.4 Å². The van der Waals surface area contributed by atoms with Gasteiger partial charge in [0.15, 0.2) is 0 Å². The predicted molar refractivity (Wildman–Crippen MR) is 142 cm³/mol. The van der Waals surface area contributed by atoms with E-state index >= 15 is 0 Å². The lowest BCUT2D eigenvalue weighted by molar-refractivity contribution is 0.0692. The number of benzene rings is 1. The number of aryl methyl sites for hydroxylation is 1. The van der Waals surface area contributed by atoms with Gasteiger partial charge in [-0.2, -0.15) is 0 Å². The van der Waals surface area contributed by atoms with E-state index in [2.05, 4.69) is 38.1 Å². The quantitative estimate of drug-likeness (QED) is 0.370. The van der Waals surface area contributed by atoms with Gasteiger partial charge in [0.05, 0.1) is 24.1 Å². The summed E-state index contributed by atoms with van der Waals surface area (Å²) in [5, 5.41) is 12.7. The third-order valence-corrected chi connectivity index (χ3v) is 7.14. The zero-order chi connectivity index (χ0) is 26.2. The summed E-state index contributed by atoms with van der Waals surface area (Å²) in [6.45, 7) is 3.53. The lowest BCUT2D eigenvalue weighted by Gasteiger charge is -2.32. The topological polar surface area (TPSA) is 118 Å². The Kier molecular flexibility index (Phi) is 5.99. The van der Waals surface area contributed by atoms with Crippen LogP contribution in [0.2, 0.25) is 0 Å². The van der Waals surface area contributed by atoms with E-state index in [1.165, 1.54) is 0 Å². The molecule has 6 rings (SSSR count). The highest BCUT2D eigenvalue weighted by Gasteiger charge is 2.26. The Hall–Kier alpha value is -4.73. The van der Waals surface area contributed by atoms with Crippen LogP contribution in [0.1, 0.15) is 34.6 Å². The summed E-state index contributed by atoms with van der Waals surface area (Å²) in [4.78, 5) is 39.7. The molecule has 1 aromatic carbocycles. The maximum Gasteiger partial charge on any atom is 0.404 e. The van der Waals surface area contributed by atoms with Crippen LogP contribution in [-0.4, -0.2) is 65.1 Å². The number of hydrogen-bond acceptors (Lipinski definition) is 5. The lowest BCUT2D eigenvalue weighted by Crippen LogP contribution is -2.49. The van der Waals surface area contributed by atoms with Crippen LogP contribution < -0.4 is 5.32 Å². The molecule has 192 valence electrons. The molecule has 0 aliphatic carbocycles. The zero-order valence-corrected chi connectivity index (χ0v) is 20.9. The number of amides is 2. The first-order valence-corrected chi connectivity index (χ1v) is 12.6. The number of carbonyl (C=O) groups excluding carboxylic acids is 1. The van der Waals surface area contributed by atoms with Gasteiger partial charge in [-0.3, -0.25) is 14.8 Å². The van der Waals surface area contributed by atoms with E-state index < -0.39 is 6.09 Å². The average molecular weight is 510 g/mol. The van der Waals surface area contributed by atoms with Gasteiger partial charge in [-0.25, -0.2) is 9.78 Å². The maximum atomic E-state index is 13.3. The number of fused-ring (bicyclic) bond motifs is 2. The van der Waals surface area contributed by atoms with E-state index in [0.29, 0.717) is 30.8 Å². The van der Waals surface area contributed by atoms with Gasteiger partial charge >= 0.3 is 6.09 Å². The van der Waals surface area contributed by atoms with Gasteiger partial charge in [-0.05, 0) is 44.0 Å². The highest BCUT2D eigenvalue weighted by atomic mass is 16.4. The number of likely N-dealkylation sites (tertiary alicyclic amines) is 1. The van der Waals surface area contributed by atoms with Crippen molar-refractivity contribution in [3.63, 3.8) is 0 Å². The zero-order valence-electron chi connectivity index (χ0n) is 20.9. The SMILES string of the molecule is Cc1c(-c2cc3ccccc3n2Cc2cnccn2)nc2cc(C(=O)N3CCCC(NC(=O)O)C3)ccn12. The van der Waals surface area contributed by atoms with Crippen molar-refractivity contribution in [2.24, 2.45) is 0 Å². The molecule has 10 heteroatoms. The summed E-state index contributed by atoms with van der Waals surface area (Å²) < 4.78 is 4.19. The molecule has 4 aromatic heterocycles. The minimum Gasteiger partial charge on any atom is -0.465 e. The molecule has 1 atom stereocenters. The molecule has 2 N–H and O–H groups in total. The smallest absolute Gasteiger partial charge is 0.404 e. The number of aromatic nitrogens is 5. The van der Waals surface area contributed by atoms with Gasteiger partial charge in [-0.15, -0.1) is 0 Å². The number of carboxylic acid groups (broad SMARTS) is 1. The fraction of sp³-hybridized carbons (Fsp3) is 0.250. The van der Waals surface area contributed by atoms with Crippen LogP contribution in [0.3, 0.4) is 0 Å². The molecular weight excluding hydrogens is 482 g/mol. The molecule has 1 aliphatic rings. The van der Waals surface area contributed by atoms with E-state index in [9.17, 15) is 9.59 Å². The first kappa shape index (κ1) is 23.7. The van der Waals surface area contributed by atoms with Crippen LogP contribution in [0.15, 0.2) is 67.3 Å². The van der Waals surface area contributed by atoms with Crippen molar-refractivity contribution in [2.45, 2.75) is 32.4 Å². The summed E-state index contributed by atoms with van der Waals surface area (Å²) in [5.41, 5.74) is 5.90. The number of rotatable bonds is 5. The molecule has 5 aromatic rings. The van der Waals surface area contributed by atoms with Gasteiger partial charge in [0.2, 0.25) is 0 Å². The molecule has 0 bridgehead atoms. The Balaban J connectivity index is 1.37. The first-order valence-electron chi connectivity index (χ1n) is 12.6. The van der Waals surface area contributed by atoms with Crippen LogP contribution in [0, 0.1) is 6.92 Å². The van der Waals surface area contributed by atoms with Crippen molar-refractivity contribution in [2.75, 3.05) is 13.1 Å². The molecule has 0 radical (unpaired) electrons. The second-order valence-electron chi connectivity index (χ2n) is 9.60. The highest BCUT2D eigenvalue weighted by Crippen LogP contribution is 2.31. The molecule has 1 fully saturated rings. The molecule has 1 saturated heterocycles. The number of pyridine rings is 1. The number of piperidine rings is 1. The standard InChI is InChI=1S/C28H27N7O3/c1-18-26(24-13-19-5-2-3-7-23(19)35(24)17-22-15-29-9-10-30-22)32-25-14-20(8-12-34(18)25)27(36)33-11-4-6-21(16-33)31-28(37)38/h2-3,5,7-10,12-15,21,31H,4,6,11,16-17H2,1H3,(H,37,38). The summed E-state index contributed by atoms with van der Waals surface area (Å²) in [6, 6.07) is 13.7. The van der Waals surface area contributed by atoms with E-state index in [-0.39, 0.29) is 11.9 Å². The number of para-hydroxylation sites is 1. The maximum absolute atomic E-state index is 13.3. The van der Waals surface area contributed by atoms with Gasteiger partial charge < -0.3 is 24.3 Å². The minimum atomic E-state index is -1.07. The number of imidazole rings is 1. The highest BCUT2D eigenvalue weighted by molar-refractivity contribution is 5.95. The molecule has 1 unspecified atom stereocenters. The minimum absolute atomic E-state index is 0.122. The van der Waals surface area contributed by atoms with Crippen LogP contribution in [0.4, 0.5) is 4.79 Å². The second kappa shape index (κ2) is 9.62. The third-order valence-electron chi connectivity index (χ3n) is 7.14. The monoisotopic (exact) mass is 509 g/mol. The molecule has 0 spiro atoms. The van der Waals surface area contributed by atoms with Crippen molar-refractivity contribution < 1.29 is 14.7 Å². The van der Waals surface area contributed by atoms with Crippen LogP contribution >= 0.6 is 0 Å². The molecular formula is C28H27N7O3. The Bertz CT molecular complexity index is 1660. The van der Waals surface area contributed by atoms with E-state index in [1.54, 1.807) is 29.6 Å². The Labute approximate surface area is 218 Å². The van der Waals surface area contributed by atoms with Crippen LogP contribution in [0.5, 0.6) is 0 Å². The molecule has 5 heterocycles. The van der Waals surface area contributed by atoms with Crippen LogP contribution in [0.25, 0.3) is 27.9 Å². The molecule has 0 saturated carbocycles. The van der Waals surface area contributed by atoms with Crippen LogP contribution in [-0.2, 0) is 6.54 Å². The molecule has 38 heavy (non-hydrogen) atoms. The summed E-state index contributed by atoms with van der Waals surface area (Å²) in [7, 11) is 0. The van der Waals surface area contributed by atoms with Crippen molar-refractivity contribution in [1.82, 2.24) is 34.1 Å². The van der Waals surface area contributed by atoms with Crippen molar-refractivity contribution >= 4 is 28.6 Å². The van der Waals surface area contributed by atoms with Gasteiger partial charge in [-0.1, -0.05) is 18.2 Å². The van der Waals surface area contributed by atoms with Crippen molar-refractivity contribution in [3.05, 3.63) is 84.2 Å². The lowest BCUT2D eigenvalue weighted by atomic mass is 10.0. The normalized spacial score (nSPS) is 15.7. The van der Waals surface area contributed by atoms with Gasteiger partial charge in [0.1, 0.15) is 11.3 Å². The largest absolute Gasteiger partial charge is 0.465 e. The second-order valence-corrected chi connectivity index (χ2v) is 9.60. The Morgan fingerprint density at radius 2 is 2.03 bits per heavy atom.